The molecular formula is C21H24N2O2. The Labute approximate surface area is 148 Å². The number of carbonyl (C=O) groups excluding carboxylic acids is 1. The Morgan fingerprint density at radius 3 is 2.52 bits per heavy atom. The number of hydrogen-bond acceptors (Lipinski definition) is 2. The molecule has 0 aliphatic carbocycles. The van der Waals surface area contributed by atoms with Crippen molar-refractivity contribution in [2.24, 2.45) is 7.05 Å². The van der Waals surface area contributed by atoms with E-state index in [-0.39, 0.29) is 18.4 Å². The summed E-state index contributed by atoms with van der Waals surface area (Å²) in [5, 5.41) is 14.5. The number of para-hydroxylation sites is 1. The highest BCUT2D eigenvalue weighted by molar-refractivity contribution is 5.85. The predicted molar refractivity (Wildman–Crippen MR) is 100 cm³/mol. The zero-order valence-corrected chi connectivity index (χ0v) is 14.6. The third kappa shape index (κ3) is 3.59. The third-order valence-corrected chi connectivity index (χ3v) is 4.68. The molecule has 0 saturated heterocycles. The lowest BCUT2D eigenvalue weighted by molar-refractivity contribution is -0.123. The van der Waals surface area contributed by atoms with Crippen molar-refractivity contribution in [1.82, 2.24) is 9.88 Å². The van der Waals surface area contributed by atoms with E-state index in [1.54, 1.807) is 0 Å². The van der Waals surface area contributed by atoms with Crippen molar-refractivity contribution in [3.8, 4) is 0 Å². The van der Waals surface area contributed by atoms with Gasteiger partial charge in [-0.1, -0.05) is 55.5 Å². The lowest BCUT2D eigenvalue weighted by atomic mass is 9.95. The maximum Gasteiger partial charge on any atom is 0.227 e. The molecule has 1 heterocycles. The van der Waals surface area contributed by atoms with Gasteiger partial charge in [-0.05, 0) is 18.1 Å². The van der Waals surface area contributed by atoms with Crippen LogP contribution in [0.4, 0.5) is 0 Å². The molecule has 0 bridgehead atoms. The van der Waals surface area contributed by atoms with Gasteiger partial charge in [-0.3, -0.25) is 4.79 Å². The summed E-state index contributed by atoms with van der Waals surface area (Å²) in [6.45, 7) is 2.20. The van der Waals surface area contributed by atoms with E-state index in [0.717, 1.165) is 28.5 Å². The first-order valence-corrected chi connectivity index (χ1v) is 8.66. The van der Waals surface area contributed by atoms with Crippen LogP contribution in [-0.2, 0) is 11.8 Å². The maximum atomic E-state index is 12.6. The largest absolute Gasteiger partial charge is 0.386 e. The van der Waals surface area contributed by atoms with Crippen molar-refractivity contribution in [1.29, 1.82) is 0 Å². The van der Waals surface area contributed by atoms with E-state index >= 15 is 0 Å². The molecular weight excluding hydrogens is 312 g/mol. The van der Waals surface area contributed by atoms with E-state index in [1.807, 2.05) is 79.3 Å². The Morgan fingerprint density at radius 1 is 1.12 bits per heavy atom. The van der Waals surface area contributed by atoms with Gasteiger partial charge in [0.25, 0.3) is 0 Å². The number of aliphatic hydroxyl groups is 1. The van der Waals surface area contributed by atoms with Crippen LogP contribution in [0.25, 0.3) is 10.9 Å². The summed E-state index contributed by atoms with van der Waals surface area (Å²) < 4.78 is 1.99. The molecule has 130 valence electrons. The summed E-state index contributed by atoms with van der Waals surface area (Å²) in [5.74, 6) is -0.242. The number of aliphatic hydroxyl groups excluding tert-OH is 1. The third-order valence-electron chi connectivity index (χ3n) is 4.68. The molecule has 2 unspecified atom stereocenters. The SMILES string of the molecule is CCC(C(=O)NCC(O)c1cn(C)c2ccccc12)c1ccccc1. The summed E-state index contributed by atoms with van der Waals surface area (Å²) in [5.41, 5.74) is 2.91. The second kappa shape index (κ2) is 7.53. The molecule has 0 fully saturated rings. The minimum atomic E-state index is -0.733. The van der Waals surface area contributed by atoms with Crippen LogP contribution >= 0.6 is 0 Å². The highest BCUT2D eigenvalue weighted by Gasteiger charge is 2.20. The van der Waals surface area contributed by atoms with Gasteiger partial charge in [0.05, 0.1) is 12.0 Å². The molecule has 0 aliphatic heterocycles. The minimum absolute atomic E-state index is 0.0482. The summed E-state index contributed by atoms with van der Waals surface area (Å²) in [4.78, 5) is 12.6. The van der Waals surface area contributed by atoms with Gasteiger partial charge in [0.15, 0.2) is 0 Å². The number of benzene rings is 2. The zero-order chi connectivity index (χ0) is 17.8. The molecule has 0 radical (unpaired) electrons. The van der Waals surface area contributed by atoms with Crippen LogP contribution in [0.2, 0.25) is 0 Å². The topological polar surface area (TPSA) is 54.3 Å². The number of nitrogens with zero attached hydrogens (tertiary/aromatic N) is 1. The van der Waals surface area contributed by atoms with Crippen molar-refractivity contribution >= 4 is 16.8 Å². The van der Waals surface area contributed by atoms with E-state index in [9.17, 15) is 9.90 Å². The first kappa shape index (κ1) is 17.2. The fourth-order valence-electron chi connectivity index (χ4n) is 3.33. The standard InChI is InChI=1S/C21H24N2O2/c1-3-16(15-9-5-4-6-10-15)21(25)22-13-20(24)18-14-23(2)19-12-8-7-11-17(18)19/h4-12,14,16,20,24H,3,13H2,1-2H3,(H,22,25). The van der Waals surface area contributed by atoms with Crippen LogP contribution < -0.4 is 5.32 Å². The van der Waals surface area contributed by atoms with Crippen molar-refractivity contribution in [2.75, 3.05) is 6.54 Å². The van der Waals surface area contributed by atoms with Gasteiger partial charge in [-0.25, -0.2) is 0 Å². The van der Waals surface area contributed by atoms with Gasteiger partial charge in [0.2, 0.25) is 5.91 Å². The van der Waals surface area contributed by atoms with Crippen LogP contribution in [0, 0.1) is 0 Å². The van der Waals surface area contributed by atoms with Gasteiger partial charge >= 0.3 is 0 Å². The first-order valence-electron chi connectivity index (χ1n) is 8.66. The molecule has 3 rings (SSSR count). The van der Waals surface area contributed by atoms with Crippen LogP contribution in [0.5, 0.6) is 0 Å². The quantitative estimate of drug-likeness (QED) is 0.723. The molecule has 25 heavy (non-hydrogen) atoms. The zero-order valence-electron chi connectivity index (χ0n) is 14.6. The summed E-state index contributed by atoms with van der Waals surface area (Å²) in [6, 6.07) is 17.7. The normalized spacial score (nSPS) is 13.6. The van der Waals surface area contributed by atoms with Crippen molar-refractivity contribution in [2.45, 2.75) is 25.4 Å². The predicted octanol–water partition coefficient (Wildman–Crippen LogP) is 3.52. The molecule has 4 heteroatoms. The number of fused-ring (bicyclic) bond motifs is 1. The molecule has 3 aromatic rings. The molecule has 0 saturated carbocycles. The van der Waals surface area contributed by atoms with Crippen molar-refractivity contribution in [3.05, 3.63) is 71.9 Å². The number of aromatic nitrogens is 1. The van der Waals surface area contributed by atoms with Crippen LogP contribution in [-0.4, -0.2) is 22.1 Å². The Bertz CT molecular complexity index is 855. The van der Waals surface area contributed by atoms with E-state index < -0.39 is 6.10 Å². The van der Waals surface area contributed by atoms with Crippen LogP contribution in [0.15, 0.2) is 60.8 Å². The van der Waals surface area contributed by atoms with Gasteiger partial charge < -0.3 is 15.0 Å². The number of hydrogen-bond donors (Lipinski definition) is 2. The highest BCUT2D eigenvalue weighted by Crippen LogP contribution is 2.26. The summed E-state index contributed by atoms with van der Waals surface area (Å²) in [6.07, 6.45) is 1.92. The lowest BCUT2D eigenvalue weighted by Crippen LogP contribution is -2.32. The van der Waals surface area contributed by atoms with Crippen LogP contribution in [0.3, 0.4) is 0 Å². The molecule has 1 amide bonds. The summed E-state index contributed by atoms with van der Waals surface area (Å²) in [7, 11) is 1.96. The Morgan fingerprint density at radius 2 is 1.80 bits per heavy atom. The fraction of sp³-hybridized carbons (Fsp3) is 0.286. The fourth-order valence-corrected chi connectivity index (χ4v) is 3.33. The smallest absolute Gasteiger partial charge is 0.227 e. The minimum Gasteiger partial charge on any atom is -0.386 e. The second-order valence-electron chi connectivity index (χ2n) is 6.34. The van der Waals surface area contributed by atoms with Crippen molar-refractivity contribution < 1.29 is 9.90 Å². The molecule has 0 spiro atoms. The van der Waals surface area contributed by atoms with Crippen molar-refractivity contribution in [3.63, 3.8) is 0 Å². The Balaban J connectivity index is 1.71. The maximum absolute atomic E-state index is 12.6. The number of rotatable bonds is 6. The molecule has 1 aromatic heterocycles. The van der Waals surface area contributed by atoms with Crippen LogP contribution in [0.1, 0.15) is 36.5 Å². The second-order valence-corrected chi connectivity index (χ2v) is 6.34. The van der Waals surface area contributed by atoms with E-state index in [2.05, 4.69) is 5.32 Å². The molecule has 2 aromatic carbocycles. The Hall–Kier alpha value is -2.59. The number of carbonyl (C=O) groups is 1. The average molecular weight is 336 g/mol. The number of aryl methyl sites for hydroxylation is 1. The monoisotopic (exact) mass is 336 g/mol. The van der Waals surface area contributed by atoms with E-state index in [4.69, 9.17) is 0 Å². The summed E-state index contributed by atoms with van der Waals surface area (Å²) >= 11 is 0. The number of amides is 1. The van der Waals surface area contributed by atoms with Gasteiger partial charge in [-0.2, -0.15) is 0 Å². The molecule has 2 atom stereocenters. The van der Waals surface area contributed by atoms with E-state index in [1.165, 1.54) is 0 Å². The average Bonchev–Trinajstić information content (AvgIpc) is 2.98. The first-order chi connectivity index (χ1) is 12.1. The highest BCUT2D eigenvalue weighted by atomic mass is 16.3. The van der Waals surface area contributed by atoms with Gasteiger partial charge in [0, 0.05) is 36.3 Å². The Kier molecular flexibility index (Phi) is 5.19. The lowest BCUT2D eigenvalue weighted by Gasteiger charge is -2.17. The molecule has 2 N–H and O–H groups in total. The number of nitrogens with one attached hydrogen (secondary N) is 1. The molecule has 4 nitrogen and oxygen atoms in total. The van der Waals surface area contributed by atoms with Gasteiger partial charge in [0.1, 0.15) is 0 Å². The van der Waals surface area contributed by atoms with E-state index in [0.29, 0.717) is 0 Å². The molecule has 0 aliphatic rings. The van der Waals surface area contributed by atoms with Gasteiger partial charge in [-0.15, -0.1) is 0 Å².